The Balaban J connectivity index is 0.987. The van der Waals surface area contributed by atoms with Crippen LogP contribution in [0.4, 0.5) is 9.59 Å². The second-order valence-electron chi connectivity index (χ2n) is 14.3. The maximum Gasteiger partial charge on any atom is 0.405 e. The third-order valence-corrected chi connectivity index (χ3v) is 12.8. The number of thiophene rings is 2. The Morgan fingerprint density at radius 2 is 1.45 bits per heavy atom. The zero-order chi connectivity index (χ0) is 38.4. The number of hydrogen-bond acceptors (Lipinski definition) is 8. The molecule has 55 heavy (non-hydrogen) atoms. The number of aromatic nitrogens is 4. The molecule has 0 saturated carbocycles. The van der Waals surface area contributed by atoms with Crippen molar-refractivity contribution in [2.75, 3.05) is 13.1 Å². The van der Waals surface area contributed by atoms with Crippen LogP contribution in [-0.2, 0) is 9.59 Å². The molecule has 1 unspecified atom stereocenters. The monoisotopic (exact) mass is 780 g/mol. The van der Waals surface area contributed by atoms with E-state index in [1.807, 2.05) is 26.0 Å². The fourth-order valence-corrected chi connectivity index (χ4v) is 10.1. The third-order valence-electron chi connectivity index (χ3n) is 10.4. The van der Waals surface area contributed by atoms with Crippen molar-refractivity contribution in [3.05, 3.63) is 84.1 Å². The molecule has 16 heteroatoms. The van der Waals surface area contributed by atoms with Crippen molar-refractivity contribution in [3.8, 4) is 21.0 Å². The Labute approximate surface area is 323 Å². The minimum absolute atomic E-state index is 0.190. The van der Waals surface area contributed by atoms with Crippen LogP contribution in [0.1, 0.15) is 74.9 Å². The molecule has 2 aliphatic rings. The van der Waals surface area contributed by atoms with Gasteiger partial charge in [0.1, 0.15) is 23.7 Å². The number of fused-ring (bicyclic) bond motifs is 2. The zero-order valence-electron chi connectivity index (χ0n) is 30.1. The summed E-state index contributed by atoms with van der Waals surface area (Å²) in [6.45, 7) is 4.72. The molecule has 4 atom stereocenters. The number of aromatic amines is 2. The summed E-state index contributed by atoms with van der Waals surface area (Å²) in [5.74, 6) is 0.648. The van der Waals surface area contributed by atoms with Gasteiger partial charge in [0.25, 0.3) is 5.91 Å². The van der Waals surface area contributed by atoms with Gasteiger partial charge >= 0.3 is 12.2 Å². The Morgan fingerprint density at radius 3 is 2.15 bits per heavy atom. The molecular formula is C39H40N8O6S2. The molecule has 2 aliphatic heterocycles. The predicted molar refractivity (Wildman–Crippen MR) is 210 cm³/mol. The summed E-state index contributed by atoms with van der Waals surface area (Å²) in [5.41, 5.74) is 4.13. The van der Waals surface area contributed by atoms with Gasteiger partial charge in [0.05, 0.1) is 39.9 Å². The number of nitrogens with zero attached hydrogens (tertiary/aromatic N) is 4. The molecule has 0 radical (unpaired) electrons. The lowest BCUT2D eigenvalue weighted by Crippen LogP contribution is -2.50. The summed E-state index contributed by atoms with van der Waals surface area (Å²) in [5, 5.41) is 23.6. The highest BCUT2D eigenvalue weighted by Crippen LogP contribution is 2.43. The minimum atomic E-state index is -1.26. The lowest BCUT2D eigenvalue weighted by Gasteiger charge is -2.29. The summed E-state index contributed by atoms with van der Waals surface area (Å²) in [6.07, 6.45) is 2.39. The van der Waals surface area contributed by atoms with E-state index in [9.17, 15) is 29.4 Å². The average molecular weight is 781 g/mol. The van der Waals surface area contributed by atoms with E-state index in [1.54, 1.807) is 62.9 Å². The Hall–Kier alpha value is -5.74. The molecule has 6 heterocycles. The van der Waals surface area contributed by atoms with Gasteiger partial charge in [-0.05, 0) is 67.0 Å². The van der Waals surface area contributed by atoms with Crippen LogP contribution in [0.2, 0.25) is 0 Å². The maximum atomic E-state index is 13.8. The fourth-order valence-electron chi connectivity index (χ4n) is 7.76. The van der Waals surface area contributed by atoms with E-state index < -0.39 is 24.3 Å². The van der Waals surface area contributed by atoms with Crippen molar-refractivity contribution in [3.63, 3.8) is 0 Å². The van der Waals surface area contributed by atoms with Crippen molar-refractivity contribution in [1.29, 1.82) is 0 Å². The van der Waals surface area contributed by atoms with Crippen LogP contribution in [0.15, 0.2) is 66.9 Å². The molecule has 0 spiro atoms. The number of imidazole rings is 2. The van der Waals surface area contributed by atoms with E-state index in [1.165, 1.54) is 0 Å². The number of nitrogens with one attached hydrogen (secondary N) is 4. The van der Waals surface area contributed by atoms with Crippen LogP contribution in [0, 0.1) is 5.92 Å². The fraction of sp³-hybridized carbons (Fsp3) is 0.333. The molecule has 284 valence electrons. The van der Waals surface area contributed by atoms with Gasteiger partial charge in [0.15, 0.2) is 0 Å². The van der Waals surface area contributed by atoms with E-state index in [-0.39, 0.29) is 29.8 Å². The van der Waals surface area contributed by atoms with Crippen molar-refractivity contribution >= 4 is 67.1 Å². The number of rotatable bonds is 10. The first-order chi connectivity index (χ1) is 26.5. The lowest BCUT2D eigenvalue weighted by atomic mass is 10.0. The summed E-state index contributed by atoms with van der Waals surface area (Å²) in [6, 6.07) is 16.9. The van der Waals surface area contributed by atoms with Gasteiger partial charge in [0.2, 0.25) is 5.91 Å². The molecule has 2 aromatic carbocycles. The van der Waals surface area contributed by atoms with Crippen molar-refractivity contribution in [2.24, 2.45) is 5.92 Å². The highest BCUT2D eigenvalue weighted by molar-refractivity contribution is 7.31. The van der Waals surface area contributed by atoms with Gasteiger partial charge < -0.3 is 40.6 Å². The highest BCUT2D eigenvalue weighted by Gasteiger charge is 2.38. The average Bonchev–Trinajstić information content (AvgIpc) is 4.01. The summed E-state index contributed by atoms with van der Waals surface area (Å²) in [7, 11) is 0. The van der Waals surface area contributed by atoms with Crippen molar-refractivity contribution in [2.45, 2.75) is 63.7 Å². The first-order valence-electron chi connectivity index (χ1n) is 18.3. The number of carbonyl (C=O) groups is 4. The molecule has 8 rings (SSSR count). The largest absolute Gasteiger partial charge is 0.465 e. The van der Waals surface area contributed by atoms with Gasteiger partial charge in [-0.3, -0.25) is 9.59 Å². The quantitative estimate of drug-likeness (QED) is 0.0821. The van der Waals surface area contributed by atoms with Crippen LogP contribution in [0.25, 0.3) is 41.4 Å². The second kappa shape index (κ2) is 14.8. The number of carbonyl (C=O) groups excluding carboxylic acids is 2. The normalized spacial score (nSPS) is 18.3. The summed E-state index contributed by atoms with van der Waals surface area (Å²) < 4.78 is 2.27. The highest BCUT2D eigenvalue weighted by atomic mass is 32.1. The first kappa shape index (κ1) is 36.2. The van der Waals surface area contributed by atoms with E-state index in [0.29, 0.717) is 36.7 Å². The maximum absolute atomic E-state index is 13.8. The molecule has 2 fully saturated rings. The van der Waals surface area contributed by atoms with Crippen LogP contribution in [0.5, 0.6) is 0 Å². The standard InChI is InChI=1S/C39H40N8O6S2/c1-20(2)32(44-38(50)51)36(48)46-14-6-10-26(46)34-40-19-25(43-34)29-18-31-30(55-29)17-28(54-31)22-12-13-23-24(16-22)42-35(41-23)27-11-7-15-47(27)37(49)33(45-39(52)53)21-8-4-3-5-9-21/h3-5,8-9,12-13,16-20,26-27,32-33,44-45H,6-7,10-11,14-15H2,1-2H3,(H,40,43)(H,41,42)(H,50,51)(H,52,53)/t26-,27?,32-,33+/m0/s1. The molecule has 0 bridgehead atoms. The van der Waals surface area contributed by atoms with Crippen LogP contribution >= 0.6 is 22.7 Å². The van der Waals surface area contributed by atoms with Crippen LogP contribution in [0.3, 0.4) is 0 Å². The Bertz CT molecular complexity index is 2370. The topological polar surface area (TPSA) is 197 Å². The van der Waals surface area contributed by atoms with Crippen molar-refractivity contribution in [1.82, 2.24) is 40.4 Å². The van der Waals surface area contributed by atoms with Gasteiger partial charge in [-0.1, -0.05) is 50.2 Å². The van der Waals surface area contributed by atoms with Gasteiger partial charge in [0, 0.05) is 27.4 Å². The number of H-pyrrole nitrogens is 2. The Morgan fingerprint density at radius 1 is 0.800 bits per heavy atom. The SMILES string of the molecule is CC(C)[C@H](NC(=O)O)C(=O)N1CCC[C@H]1c1ncc(-c2cc3sc(-c4ccc5[nH]c(C6CCCN6C(=O)[C@H](NC(=O)O)c6ccccc6)nc5c4)cc3s2)[nH]1. The van der Waals surface area contributed by atoms with Gasteiger partial charge in [-0.2, -0.15) is 0 Å². The first-order valence-corrected chi connectivity index (χ1v) is 19.9. The smallest absolute Gasteiger partial charge is 0.405 e. The lowest BCUT2D eigenvalue weighted by molar-refractivity contribution is -0.135. The van der Waals surface area contributed by atoms with E-state index in [0.717, 1.165) is 60.7 Å². The second-order valence-corrected chi connectivity index (χ2v) is 16.5. The number of likely N-dealkylation sites (tertiary alicyclic amines) is 2. The Kier molecular flexibility index (Phi) is 9.77. The van der Waals surface area contributed by atoms with E-state index in [2.05, 4.69) is 49.9 Å². The van der Waals surface area contributed by atoms with Gasteiger partial charge in [-0.15, -0.1) is 22.7 Å². The molecule has 4 amide bonds. The molecule has 6 N–H and O–H groups in total. The molecular weight excluding hydrogens is 741 g/mol. The van der Waals surface area contributed by atoms with E-state index in [4.69, 9.17) is 4.98 Å². The molecule has 6 aromatic rings. The van der Waals surface area contributed by atoms with Crippen LogP contribution in [-0.4, -0.2) is 83.1 Å². The third kappa shape index (κ3) is 7.14. The summed E-state index contributed by atoms with van der Waals surface area (Å²) >= 11 is 3.34. The molecule has 0 aliphatic carbocycles. The molecule has 4 aromatic heterocycles. The molecule has 14 nitrogen and oxygen atoms in total. The van der Waals surface area contributed by atoms with E-state index >= 15 is 0 Å². The molecule has 2 saturated heterocycles. The predicted octanol–water partition coefficient (Wildman–Crippen LogP) is 7.52. The van der Waals surface area contributed by atoms with Crippen molar-refractivity contribution < 1.29 is 29.4 Å². The minimum Gasteiger partial charge on any atom is -0.465 e. The number of amides is 4. The number of benzene rings is 2. The zero-order valence-corrected chi connectivity index (χ0v) is 31.7. The van der Waals surface area contributed by atoms with Gasteiger partial charge in [-0.25, -0.2) is 19.6 Å². The number of hydrogen-bond donors (Lipinski definition) is 6. The van der Waals surface area contributed by atoms with Crippen LogP contribution < -0.4 is 10.6 Å². The summed E-state index contributed by atoms with van der Waals surface area (Å²) in [4.78, 5) is 72.3. The number of carboxylic acid groups (broad SMARTS) is 2.